The number of amides is 1. The van der Waals surface area contributed by atoms with Gasteiger partial charge in [0.2, 0.25) is 11.1 Å². The standard InChI is InChI=1S/C31H34N4O5S/c1-7-19-9-13-22(14-10-19)32-30(36)27(8-2)41-31-33-28(20-11-15-23(37-3)25(17-20)39-5)29(34-35-31)21-12-16-24(38-4)26(18-21)40-6/h9-18,27H,7-8H2,1-6H3,(H,32,36). The lowest BCUT2D eigenvalue weighted by Crippen LogP contribution is -2.25. The number of methoxy groups -OCH3 is 4. The van der Waals surface area contributed by atoms with Crippen LogP contribution in [0.2, 0.25) is 0 Å². The lowest BCUT2D eigenvalue weighted by Gasteiger charge is -2.16. The number of benzene rings is 3. The second kappa shape index (κ2) is 13.8. The molecule has 1 unspecified atom stereocenters. The lowest BCUT2D eigenvalue weighted by molar-refractivity contribution is -0.115. The zero-order chi connectivity index (χ0) is 29.4. The Kier molecular flexibility index (Phi) is 10.0. The van der Waals surface area contributed by atoms with Crippen LogP contribution in [0.5, 0.6) is 23.0 Å². The Morgan fingerprint density at radius 1 is 0.756 bits per heavy atom. The van der Waals surface area contributed by atoms with Gasteiger partial charge in [-0.25, -0.2) is 4.98 Å². The molecule has 0 saturated carbocycles. The number of thioether (sulfide) groups is 1. The Labute approximate surface area is 244 Å². The van der Waals surface area contributed by atoms with Gasteiger partial charge in [0, 0.05) is 16.8 Å². The van der Waals surface area contributed by atoms with E-state index in [-0.39, 0.29) is 5.91 Å². The summed E-state index contributed by atoms with van der Waals surface area (Å²) in [7, 11) is 6.33. The Morgan fingerprint density at radius 3 is 1.83 bits per heavy atom. The number of hydrogen-bond donors (Lipinski definition) is 1. The summed E-state index contributed by atoms with van der Waals surface area (Å²) < 4.78 is 21.9. The van der Waals surface area contributed by atoms with Crippen LogP contribution in [-0.2, 0) is 11.2 Å². The van der Waals surface area contributed by atoms with Gasteiger partial charge in [0.25, 0.3) is 0 Å². The van der Waals surface area contributed by atoms with E-state index in [2.05, 4.69) is 22.4 Å². The van der Waals surface area contributed by atoms with Gasteiger partial charge in [-0.15, -0.1) is 10.2 Å². The van der Waals surface area contributed by atoms with Crippen LogP contribution in [0.25, 0.3) is 22.5 Å². The SMILES string of the molecule is CCc1ccc(NC(=O)C(CC)Sc2nnc(-c3ccc(OC)c(OC)c3)c(-c3ccc(OC)c(OC)c3)n2)cc1. The molecule has 0 fully saturated rings. The molecule has 0 spiro atoms. The van der Waals surface area contributed by atoms with Crippen molar-refractivity contribution in [2.75, 3.05) is 33.8 Å². The number of hydrogen-bond acceptors (Lipinski definition) is 9. The summed E-state index contributed by atoms with van der Waals surface area (Å²) in [5, 5.41) is 11.9. The normalized spacial score (nSPS) is 11.5. The quantitative estimate of drug-likeness (QED) is 0.195. The highest BCUT2D eigenvalue weighted by Crippen LogP contribution is 2.38. The molecule has 1 amide bonds. The lowest BCUT2D eigenvalue weighted by atomic mass is 10.0. The number of aryl methyl sites for hydroxylation is 1. The second-order valence-electron chi connectivity index (χ2n) is 8.99. The molecule has 1 atom stereocenters. The molecule has 3 aromatic carbocycles. The van der Waals surface area contributed by atoms with Crippen LogP contribution in [0.3, 0.4) is 0 Å². The van der Waals surface area contributed by atoms with E-state index in [4.69, 9.17) is 23.9 Å². The fraction of sp³-hybridized carbons (Fsp3) is 0.290. The zero-order valence-electron chi connectivity index (χ0n) is 24.1. The number of carbonyl (C=O) groups excluding carboxylic acids is 1. The highest BCUT2D eigenvalue weighted by molar-refractivity contribution is 8.00. The third-order valence-corrected chi connectivity index (χ3v) is 7.74. The smallest absolute Gasteiger partial charge is 0.237 e. The van der Waals surface area contributed by atoms with E-state index in [1.54, 1.807) is 34.5 Å². The van der Waals surface area contributed by atoms with Crippen LogP contribution >= 0.6 is 11.8 Å². The molecule has 0 saturated heterocycles. The van der Waals surface area contributed by atoms with Crippen molar-refractivity contribution < 1.29 is 23.7 Å². The highest BCUT2D eigenvalue weighted by atomic mass is 32.2. The molecule has 9 nitrogen and oxygen atoms in total. The second-order valence-corrected chi connectivity index (χ2v) is 10.2. The zero-order valence-corrected chi connectivity index (χ0v) is 24.9. The molecule has 1 heterocycles. The average molecular weight is 575 g/mol. The molecule has 0 aliphatic rings. The molecule has 0 aliphatic heterocycles. The first-order valence-electron chi connectivity index (χ1n) is 13.2. The van der Waals surface area contributed by atoms with Crippen molar-refractivity contribution in [3.05, 3.63) is 66.2 Å². The third kappa shape index (κ3) is 6.89. The number of ether oxygens (including phenoxy) is 4. The Morgan fingerprint density at radius 2 is 1.32 bits per heavy atom. The average Bonchev–Trinajstić information content (AvgIpc) is 3.03. The molecule has 10 heteroatoms. The minimum Gasteiger partial charge on any atom is -0.493 e. The number of nitrogens with zero attached hydrogens (tertiary/aromatic N) is 3. The Bertz CT molecular complexity index is 1500. The minimum absolute atomic E-state index is 0.123. The molecular weight excluding hydrogens is 540 g/mol. The van der Waals surface area contributed by atoms with Crippen molar-refractivity contribution in [3.63, 3.8) is 0 Å². The van der Waals surface area contributed by atoms with Crippen molar-refractivity contribution in [1.82, 2.24) is 15.2 Å². The number of nitrogens with one attached hydrogen (secondary N) is 1. The maximum absolute atomic E-state index is 13.2. The first-order chi connectivity index (χ1) is 19.9. The van der Waals surface area contributed by atoms with Crippen molar-refractivity contribution in [2.24, 2.45) is 0 Å². The summed E-state index contributed by atoms with van der Waals surface area (Å²) in [6.07, 6.45) is 1.52. The summed E-state index contributed by atoms with van der Waals surface area (Å²) >= 11 is 1.27. The summed E-state index contributed by atoms with van der Waals surface area (Å²) in [6.45, 7) is 4.05. The monoisotopic (exact) mass is 574 g/mol. The molecule has 0 aliphatic carbocycles. The summed E-state index contributed by atoms with van der Waals surface area (Å²) in [4.78, 5) is 18.1. The number of carbonyl (C=O) groups is 1. The van der Waals surface area contributed by atoms with Crippen molar-refractivity contribution >= 4 is 23.4 Å². The van der Waals surface area contributed by atoms with E-state index < -0.39 is 5.25 Å². The van der Waals surface area contributed by atoms with E-state index in [0.29, 0.717) is 46.0 Å². The van der Waals surface area contributed by atoms with Crippen LogP contribution in [0, 0.1) is 0 Å². The molecule has 0 radical (unpaired) electrons. The van der Waals surface area contributed by atoms with E-state index in [9.17, 15) is 4.79 Å². The van der Waals surface area contributed by atoms with Gasteiger partial charge in [0.05, 0.1) is 33.7 Å². The maximum atomic E-state index is 13.2. The van der Waals surface area contributed by atoms with Gasteiger partial charge < -0.3 is 24.3 Å². The van der Waals surface area contributed by atoms with Gasteiger partial charge in [-0.1, -0.05) is 37.7 Å². The predicted molar refractivity (Wildman–Crippen MR) is 161 cm³/mol. The molecule has 1 N–H and O–H groups in total. The van der Waals surface area contributed by atoms with Crippen molar-refractivity contribution in [1.29, 1.82) is 0 Å². The van der Waals surface area contributed by atoms with Crippen LogP contribution in [-0.4, -0.2) is 54.8 Å². The van der Waals surface area contributed by atoms with Gasteiger partial charge in [0.1, 0.15) is 11.4 Å². The van der Waals surface area contributed by atoms with Crippen molar-refractivity contribution in [2.45, 2.75) is 37.1 Å². The van der Waals surface area contributed by atoms with Crippen LogP contribution in [0.15, 0.2) is 65.8 Å². The molecule has 4 rings (SSSR count). The summed E-state index contributed by atoms with van der Waals surface area (Å²) in [5.41, 5.74) is 4.56. The molecule has 41 heavy (non-hydrogen) atoms. The van der Waals surface area contributed by atoms with Gasteiger partial charge >= 0.3 is 0 Å². The first kappa shape index (κ1) is 29.7. The van der Waals surface area contributed by atoms with Crippen molar-refractivity contribution in [3.8, 4) is 45.5 Å². The summed E-state index contributed by atoms with van der Waals surface area (Å²) in [5.74, 6) is 2.17. The molecule has 214 valence electrons. The molecule has 0 bridgehead atoms. The van der Waals surface area contributed by atoms with Crippen LogP contribution in [0.1, 0.15) is 25.8 Å². The fourth-order valence-corrected chi connectivity index (χ4v) is 5.04. The maximum Gasteiger partial charge on any atom is 0.237 e. The van der Waals surface area contributed by atoms with E-state index in [0.717, 1.165) is 23.2 Å². The topological polar surface area (TPSA) is 105 Å². The number of aromatic nitrogens is 3. The van der Waals surface area contributed by atoms with Crippen LogP contribution < -0.4 is 24.3 Å². The number of anilines is 1. The van der Waals surface area contributed by atoms with E-state index in [1.807, 2.05) is 61.5 Å². The van der Waals surface area contributed by atoms with Gasteiger partial charge in [-0.05, 0) is 66.9 Å². The Hall–Kier alpha value is -4.31. The van der Waals surface area contributed by atoms with Crippen LogP contribution in [0.4, 0.5) is 5.69 Å². The fourth-order valence-electron chi connectivity index (χ4n) is 4.22. The van der Waals surface area contributed by atoms with E-state index >= 15 is 0 Å². The number of rotatable bonds is 12. The predicted octanol–water partition coefficient (Wildman–Crippen LogP) is 6.31. The minimum atomic E-state index is -0.423. The summed E-state index contributed by atoms with van der Waals surface area (Å²) in [6, 6.07) is 18.9. The molecule has 1 aromatic heterocycles. The Balaban J connectivity index is 1.72. The van der Waals surface area contributed by atoms with Gasteiger partial charge in [-0.3, -0.25) is 4.79 Å². The highest BCUT2D eigenvalue weighted by Gasteiger charge is 2.23. The van der Waals surface area contributed by atoms with Gasteiger partial charge in [0.15, 0.2) is 23.0 Å². The largest absolute Gasteiger partial charge is 0.493 e. The van der Waals surface area contributed by atoms with Gasteiger partial charge in [-0.2, -0.15) is 0 Å². The first-order valence-corrected chi connectivity index (χ1v) is 14.1. The molecular formula is C31H34N4O5S. The molecule has 4 aromatic rings. The third-order valence-electron chi connectivity index (χ3n) is 6.52. The van der Waals surface area contributed by atoms with E-state index in [1.165, 1.54) is 17.3 Å².